The third-order valence-electron chi connectivity index (χ3n) is 5.45. The van der Waals surface area contributed by atoms with Gasteiger partial charge in [0.25, 0.3) is 5.91 Å². The third-order valence-corrected chi connectivity index (χ3v) is 5.45. The molecule has 0 bridgehead atoms. The highest BCUT2D eigenvalue weighted by Gasteiger charge is 2.15. The van der Waals surface area contributed by atoms with Gasteiger partial charge in [-0.2, -0.15) is 0 Å². The highest BCUT2D eigenvalue weighted by Crippen LogP contribution is 2.27. The molecule has 2 aromatic carbocycles. The number of carbonyl (C=O) groups is 1. The minimum absolute atomic E-state index is 0.280. The number of carbonyl (C=O) groups excluding carboxylic acids is 1. The molecular weight excluding hydrogens is 407 g/mol. The molecule has 1 N–H and O–H groups in total. The molecule has 0 aliphatic carbocycles. The number of rotatable bonds is 4. The van der Waals surface area contributed by atoms with E-state index in [1.807, 2.05) is 36.4 Å². The maximum absolute atomic E-state index is 13.1. The molecular formula is C25H21FN4O2. The van der Waals surface area contributed by atoms with Gasteiger partial charge in [-0.15, -0.1) is 0 Å². The molecule has 1 aliphatic heterocycles. The maximum atomic E-state index is 13.1. The smallest absolute Gasteiger partial charge is 0.259 e. The predicted octanol–water partition coefficient (Wildman–Crippen LogP) is 4.52. The first kappa shape index (κ1) is 20.1. The Morgan fingerprint density at radius 3 is 2.66 bits per heavy atom. The van der Waals surface area contributed by atoms with Gasteiger partial charge in [0.15, 0.2) is 0 Å². The summed E-state index contributed by atoms with van der Waals surface area (Å²) in [6, 6.07) is 20.3. The van der Waals surface area contributed by atoms with Crippen LogP contribution in [0.15, 0.2) is 72.9 Å². The SMILES string of the molecule is O=C(Nc1ccc(F)cn1)c1cccc2ccc(-c3cccc(N4CCOCC4)c3)nc12. The highest BCUT2D eigenvalue weighted by atomic mass is 19.1. The zero-order valence-corrected chi connectivity index (χ0v) is 17.3. The van der Waals surface area contributed by atoms with Crippen LogP contribution in [0.1, 0.15) is 10.4 Å². The van der Waals surface area contributed by atoms with Gasteiger partial charge in [-0.25, -0.2) is 14.4 Å². The lowest BCUT2D eigenvalue weighted by Crippen LogP contribution is -2.36. The summed E-state index contributed by atoms with van der Waals surface area (Å²) in [7, 11) is 0. The van der Waals surface area contributed by atoms with Crippen LogP contribution in [0.5, 0.6) is 0 Å². The first-order valence-electron chi connectivity index (χ1n) is 10.4. The van der Waals surface area contributed by atoms with Gasteiger partial charge in [-0.1, -0.05) is 30.3 Å². The number of fused-ring (bicyclic) bond motifs is 1. The number of benzene rings is 2. The fraction of sp³-hybridized carbons (Fsp3) is 0.160. The molecule has 5 rings (SSSR count). The Morgan fingerprint density at radius 1 is 1.00 bits per heavy atom. The molecule has 7 heteroatoms. The number of hydrogen-bond acceptors (Lipinski definition) is 5. The monoisotopic (exact) mass is 428 g/mol. The Balaban J connectivity index is 1.48. The van der Waals surface area contributed by atoms with Gasteiger partial charge in [0.2, 0.25) is 0 Å². The van der Waals surface area contributed by atoms with Crippen molar-refractivity contribution in [1.29, 1.82) is 0 Å². The average molecular weight is 428 g/mol. The topological polar surface area (TPSA) is 67.4 Å². The second-order valence-electron chi connectivity index (χ2n) is 7.54. The molecule has 0 spiro atoms. The van der Waals surface area contributed by atoms with Gasteiger partial charge < -0.3 is 15.0 Å². The van der Waals surface area contributed by atoms with Gasteiger partial charge in [0, 0.05) is 29.7 Å². The molecule has 0 saturated carbocycles. The molecule has 0 radical (unpaired) electrons. The molecule has 1 saturated heterocycles. The first-order chi connectivity index (χ1) is 15.7. The Bertz CT molecular complexity index is 1270. The minimum atomic E-state index is -0.459. The van der Waals surface area contributed by atoms with Crippen LogP contribution in [0.25, 0.3) is 22.2 Å². The number of ether oxygens (including phenoxy) is 1. The van der Waals surface area contributed by atoms with E-state index in [-0.39, 0.29) is 11.7 Å². The van der Waals surface area contributed by atoms with Gasteiger partial charge in [-0.3, -0.25) is 4.79 Å². The van der Waals surface area contributed by atoms with Crippen LogP contribution < -0.4 is 10.2 Å². The summed E-state index contributed by atoms with van der Waals surface area (Å²) in [4.78, 5) is 23.9. The summed E-state index contributed by atoms with van der Waals surface area (Å²) < 4.78 is 18.6. The fourth-order valence-electron chi connectivity index (χ4n) is 3.81. The van der Waals surface area contributed by atoms with E-state index in [0.717, 1.165) is 54.8 Å². The predicted molar refractivity (Wildman–Crippen MR) is 122 cm³/mol. The largest absolute Gasteiger partial charge is 0.378 e. The van der Waals surface area contributed by atoms with Crippen LogP contribution >= 0.6 is 0 Å². The van der Waals surface area contributed by atoms with E-state index in [2.05, 4.69) is 27.3 Å². The molecule has 1 amide bonds. The van der Waals surface area contributed by atoms with Crippen molar-refractivity contribution in [3.05, 3.63) is 84.3 Å². The summed E-state index contributed by atoms with van der Waals surface area (Å²) in [5.41, 5.74) is 3.92. The standard InChI is InChI=1S/C25H21FN4O2/c26-19-8-10-23(27-16-19)29-25(31)21-6-2-3-17-7-9-22(28-24(17)21)18-4-1-5-20(15-18)30-11-13-32-14-12-30/h1-10,15-16H,11-14H2,(H,27,29,31). The normalized spacial score (nSPS) is 13.8. The van der Waals surface area contributed by atoms with Gasteiger partial charge in [-0.05, 0) is 36.4 Å². The Kier molecular flexibility index (Phi) is 5.47. The molecule has 32 heavy (non-hydrogen) atoms. The van der Waals surface area contributed by atoms with E-state index < -0.39 is 5.82 Å². The van der Waals surface area contributed by atoms with Crippen molar-refractivity contribution < 1.29 is 13.9 Å². The number of halogens is 1. The third kappa shape index (κ3) is 4.15. The molecule has 1 fully saturated rings. The lowest BCUT2D eigenvalue weighted by Gasteiger charge is -2.29. The van der Waals surface area contributed by atoms with E-state index in [4.69, 9.17) is 9.72 Å². The second kappa shape index (κ2) is 8.72. The number of morpholine rings is 1. The highest BCUT2D eigenvalue weighted by molar-refractivity contribution is 6.11. The van der Waals surface area contributed by atoms with E-state index >= 15 is 0 Å². The van der Waals surface area contributed by atoms with Crippen LogP contribution in [-0.4, -0.2) is 42.2 Å². The Labute approximate surface area is 184 Å². The summed E-state index contributed by atoms with van der Waals surface area (Å²) in [6.07, 6.45) is 1.07. The van der Waals surface area contributed by atoms with E-state index in [1.165, 1.54) is 12.1 Å². The lowest BCUT2D eigenvalue weighted by atomic mass is 10.1. The van der Waals surface area contributed by atoms with E-state index in [9.17, 15) is 9.18 Å². The maximum Gasteiger partial charge on any atom is 0.259 e. The van der Waals surface area contributed by atoms with Crippen LogP contribution in [0.3, 0.4) is 0 Å². The van der Waals surface area contributed by atoms with Crippen molar-refractivity contribution in [2.24, 2.45) is 0 Å². The average Bonchev–Trinajstić information content (AvgIpc) is 2.85. The number of nitrogens with zero attached hydrogens (tertiary/aromatic N) is 3. The van der Waals surface area contributed by atoms with Crippen LogP contribution in [0, 0.1) is 5.82 Å². The number of aromatic nitrogens is 2. The summed E-state index contributed by atoms with van der Waals surface area (Å²) >= 11 is 0. The number of anilines is 2. The number of amides is 1. The minimum Gasteiger partial charge on any atom is -0.378 e. The van der Waals surface area contributed by atoms with Crippen molar-refractivity contribution >= 4 is 28.3 Å². The Morgan fingerprint density at radius 2 is 1.84 bits per heavy atom. The van der Waals surface area contributed by atoms with Crippen molar-refractivity contribution in [3.63, 3.8) is 0 Å². The first-order valence-corrected chi connectivity index (χ1v) is 10.4. The number of pyridine rings is 2. The number of hydrogen-bond donors (Lipinski definition) is 1. The van der Waals surface area contributed by atoms with E-state index in [0.29, 0.717) is 11.1 Å². The molecule has 3 heterocycles. The molecule has 2 aromatic heterocycles. The van der Waals surface area contributed by atoms with Gasteiger partial charge in [0.05, 0.1) is 36.2 Å². The van der Waals surface area contributed by atoms with Crippen LogP contribution in [0.2, 0.25) is 0 Å². The quantitative estimate of drug-likeness (QED) is 0.518. The molecule has 6 nitrogen and oxygen atoms in total. The van der Waals surface area contributed by atoms with Crippen LogP contribution in [-0.2, 0) is 4.74 Å². The van der Waals surface area contributed by atoms with Gasteiger partial charge in [0.1, 0.15) is 11.6 Å². The summed E-state index contributed by atoms with van der Waals surface area (Å²) in [5.74, 6) is -0.525. The molecule has 160 valence electrons. The van der Waals surface area contributed by atoms with Crippen molar-refractivity contribution in [3.8, 4) is 11.3 Å². The second-order valence-corrected chi connectivity index (χ2v) is 7.54. The lowest BCUT2D eigenvalue weighted by molar-refractivity contribution is 0.102. The summed E-state index contributed by atoms with van der Waals surface area (Å²) in [6.45, 7) is 3.16. The molecule has 0 atom stereocenters. The number of para-hydroxylation sites is 1. The molecule has 1 aliphatic rings. The van der Waals surface area contributed by atoms with Crippen LogP contribution in [0.4, 0.5) is 15.9 Å². The van der Waals surface area contributed by atoms with Gasteiger partial charge >= 0.3 is 0 Å². The Hall–Kier alpha value is -3.84. The zero-order chi connectivity index (χ0) is 21.9. The number of nitrogens with one attached hydrogen (secondary N) is 1. The van der Waals surface area contributed by atoms with E-state index in [1.54, 1.807) is 6.07 Å². The molecule has 0 unspecified atom stereocenters. The van der Waals surface area contributed by atoms with Crippen molar-refractivity contribution in [2.75, 3.05) is 36.5 Å². The summed E-state index contributed by atoms with van der Waals surface area (Å²) in [5, 5.41) is 3.57. The van der Waals surface area contributed by atoms with Crippen molar-refractivity contribution in [2.45, 2.75) is 0 Å². The molecule has 4 aromatic rings. The fourth-order valence-corrected chi connectivity index (χ4v) is 3.81. The zero-order valence-electron chi connectivity index (χ0n) is 17.3. The van der Waals surface area contributed by atoms with Crippen molar-refractivity contribution in [1.82, 2.24) is 9.97 Å².